The van der Waals surface area contributed by atoms with Crippen LogP contribution in [0.2, 0.25) is 0 Å². The molecule has 2 rings (SSSR count). The number of benzene rings is 1. The van der Waals surface area contributed by atoms with Crippen molar-refractivity contribution in [3.63, 3.8) is 0 Å². The van der Waals surface area contributed by atoms with E-state index in [4.69, 9.17) is 9.47 Å². The quantitative estimate of drug-likeness (QED) is 0.243. The third-order valence-corrected chi connectivity index (χ3v) is 4.03. The van der Waals surface area contributed by atoms with Gasteiger partial charge in [0.15, 0.2) is 5.82 Å². The van der Waals surface area contributed by atoms with E-state index < -0.39 is 11.9 Å². The topological polar surface area (TPSA) is 156 Å². The van der Waals surface area contributed by atoms with Crippen molar-refractivity contribution in [1.29, 1.82) is 0 Å². The summed E-state index contributed by atoms with van der Waals surface area (Å²) < 4.78 is 9.81. The lowest BCUT2D eigenvalue weighted by molar-refractivity contribution is -0.139. The summed E-state index contributed by atoms with van der Waals surface area (Å²) in [5.74, 6) is -2.12. The maximum Gasteiger partial charge on any atom is 0.343 e. The van der Waals surface area contributed by atoms with Crippen molar-refractivity contribution >= 4 is 36.3 Å². The monoisotopic (exact) mass is 467 g/mol. The lowest BCUT2D eigenvalue weighted by Gasteiger charge is -2.05. The number of allylic oxidation sites excluding steroid dienone is 2. The molecule has 0 aliphatic heterocycles. The van der Waals surface area contributed by atoms with Crippen LogP contribution in [0, 0.1) is 0 Å². The Morgan fingerprint density at radius 3 is 1.65 bits per heavy atom. The van der Waals surface area contributed by atoms with Crippen LogP contribution >= 0.6 is 0 Å². The van der Waals surface area contributed by atoms with Gasteiger partial charge in [0, 0.05) is 18.0 Å². The Kier molecular flexibility index (Phi) is 9.56. The third-order valence-electron chi connectivity index (χ3n) is 4.03. The van der Waals surface area contributed by atoms with Crippen molar-refractivity contribution in [2.24, 2.45) is 9.98 Å². The van der Waals surface area contributed by atoms with Crippen LogP contribution in [-0.2, 0) is 19.1 Å². The number of nitrogens with zero attached hydrogens (tertiary/aromatic N) is 5. The van der Waals surface area contributed by atoms with Crippen molar-refractivity contribution in [1.82, 2.24) is 15.0 Å². The van der Waals surface area contributed by atoms with E-state index in [-0.39, 0.29) is 53.6 Å². The van der Waals surface area contributed by atoms with Crippen LogP contribution in [-0.4, -0.2) is 62.7 Å². The van der Waals surface area contributed by atoms with Crippen LogP contribution in [0.1, 0.15) is 27.7 Å². The first-order valence-corrected chi connectivity index (χ1v) is 10.3. The summed E-state index contributed by atoms with van der Waals surface area (Å²) in [5.41, 5.74) is 0.297. The Morgan fingerprint density at radius 2 is 1.26 bits per heavy atom. The zero-order valence-electron chi connectivity index (χ0n) is 19.2. The van der Waals surface area contributed by atoms with E-state index in [1.807, 2.05) is 6.07 Å². The summed E-state index contributed by atoms with van der Waals surface area (Å²) >= 11 is 0. The van der Waals surface area contributed by atoms with Gasteiger partial charge in [0.05, 0.1) is 13.2 Å². The van der Waals surface area contributed by atoms with Gasteiger partial charge in [0.1, 0.15) is 22.7 Å². The van der Waals surface area contributed by atoms with Crippen LogP contribution < -0.4 is 0 Å². The lowest BCUT2D eigenvalue weighted by atomic mass is 10.2. The summed E-state index contributed by atoms with van der Waals surface area (Å²) in [6, 6.07) is 8.93. The fourth-order valence-corrected chi connectivity index (χ4v) is 2.44. The molecule has 1 aromatic heterocycles. The van der Waals surface area contributed by atoms with Crippen molar-refractivity contribution in [3.8, 4) is 11.4 Å². The SMILES string of the molecule is CCOC(=O)C(/C=N/c1nc(/N=C/C(C(=O)OCC)=C(/C)O)nc(-c2ccccc2)n1)=C(\C)O. The second-order valence-electron chi connectivity index (χ2n) is 6.58. The van der Waals surface area contributed by atoms with Gasteiger partial charge in [-0.3, -0.25) is 0 Å². The van der Waals surface area contributed by atoms with Gasteiger partial charge in [0.2, 0.25) is 0 Å². The second-order valence-corrected chi connectivity index (χ2v) is 6.58. The molecule has 0 aliphatic carbocycles. The van der Waals surface area contributed by atoms with Crippen molar-refractivity contribution in [2.45, 2.75) is 27.7 Å². The molecule has 0 bridgehead atoms. The fourth-order valence-electron chi connectivity index (χ4n) is 2.44. The van der Waals surface area contributed by atoms with Crippen LogP contribution in [0.5, 0.6) is 0 Å². The molecule has 0 unspecified atom stereocenters. The molecule has 2 N–H and O–H groups in total. The third kappa shape index (κ3) is 7.33. The zero-order valence-corrected chi connectivity index (χ0v) is 19.2. The van der Waals surface area contributed by atoms with Gasteiger partial charge in [-0.1, -0.05) is 30.3 Å². The minimum atomic E-state index is -0.760. The number of rotatable bonds is 9. The molecule has 0 amide bonds. The van der Waals surface area contributed by atoms with Crippen molar-refractivity contribution < 1.29 is 29.3 Å². The molecular formula is C23H25N5O6. The molecule has 0 fully saturated rings. The molecule has 0 spiro atoms. The molecule has 11 heteroatoms. The van der Waals surface area contributed by atoms with Gasteiger partial charge >= 0.3 is 11.9 Å². The average Bonchev–Trinajstić information content (AvgIpc) is 2.79. The van der Waals surface area contributed by atoms with Gasteiger partial charge in [-0.2, -0.15) is 15.0 Å². The molecule has 0 saturated carbocycles. The average molecular weight is 467 g/mol. The summed E-state index contributed by atoms with van der Waals surface area (Å²) in [6.45, 7) is 6.14. The maximum atomic E-state index is 12.0. The number of carbonyl (C=O) groups excluding carboxylic acids is 2. The number of aliphatic hydroxyl groups excluding tert-OH is 2. The molecule has 2 aromatic rings. The Balaban J connectivity index is 2.53. The number of aromatic nitrogens is 3. The van der Waals surface area contributed by atoms with E-state index in [1.165, 1.54) is 13.8 Å². The van der Waals surface area contributed by atoms with E-state index in [1.54, 1.807) is 38.1 Å². The van der Waals surface area contributed by atoms with E-state index in [2.05, 4.69) is 24.9 Å². The van der Waals surface area contributed by atoms with Crippen LogP contribution in [0.3, 0.4) is 0 Å². The Hall–Kier alpha value is -4.41. The van der Waals surface area contributed by atoms with Gasteiger partial charge < -0.3 is 19.7 Å². The molecule has 0 aliphatic rings. The lowest BCUT2D eigenvalue weighted by Crippen LogP contribution is -2.11. The number of ether oxygens (including phenoxy) is 2. The summed E-state index contributed by atoms with van der Waals surface area (Å²) in [7, 11) is 0. The van der Waals surface area contributed by atoms with Crippen LogP contribution in [0.4, 0.5) is 11.9 Å². The maximum absolute atomic E-state index is 12.0. The number of aliphatic hydroxyl groups is 2. The zero-order chi connectivity index (χ0) is 25.1. The Bertz CT molecular complexity index is 1080. The molecular weight excluding hydrogens is 442 g/mol. The summed E-state index contributed by atoms with van der Waals surface area (Å²) in [6.07, 6.45) is 2.15. The van der Waals surface area contributed by atoms with Crippen molar-refractivity contribution in [2.75, 3.05) is 13.2 Å². The predicted molar refractivity (Wildman–Crippen MR) is 125 cm³/mol. The summed E-state index contributed by atoms with van der Waals surface area (Å²) in [5, 5.41) is 19.6. The van der Waals surface area contributed by atoms with Crippen LogP contribution in [0.15, 0.2) is 63.0 Å². The number of hydrogen-bond acceptors (Lipinski definition) is 11. The normalized spacial score (nSPS) is 12.9. The van der Waals surface area contributed by atoms with E-state index in [0.717, 1.165) is 12.4 Å². The first kappa shape index (κ1) is 25.8. The second kappa shape index (κ2) is 12.6. The number of carbonyl (C=O) groups is 2. The molecule has 1 aromatic carbocycles. The Morgan fingerprint density at radius 1 is 0.824 bits per heavy atom. The highest BCUT2D eigenvalue weighted by Crippen LogP contribution is 2.20. The first-order valence-electron chi connectivity index (χ1n) is 10.3. The first-order chi connectivity index (χ1) is 16.3. The van der Waals surface area contributed by atoms with E-state index in [0.29, 0.717) is 5.56 Å². The molecule has 11 nitrogen and oxygen atoms in total. The molecule has 0 radical (unpaired) electrons. The highest BCUT2D eigenvalue weighted by atomic mass is 16.5. The number of hydrogen-bond donors (Lipinski definition) is 2. The van der Waals surface area contributed by atoms with Gasteiger partial charge in [-0.05, 0) is 27.7 Å². The molecule has 0 saturated heterocycles. The minimum absolute atomic E-state index is 0.118. The largest absolute Gasteiger partial charge is 0.512 e. The van der Waals surface area contributed by atoms with E-state index in [9.17, 15) is 19.8 Å². The van der Waals surface area contributed by atoms with Gasteiger partial charge in [-0.25, -0.2) is 19.6 Å². The summed E-state index contributed by atoms with van der Waals surface area (Å²) in [4.78, 5) is 44.9. The van der Waals surface area contributed by atoms with Crippen LogP contribution in [0.25, 0.3) is 11.4 Å². The fraction of sp³-hybridized carbons (Fsp3) is 0.261. The highest BCUT2D eigenvalue weighted by Gasteiger charge is 2.15. The van der Waals surface area contributed by atoms with Crippen molar-refractivity contribution in [3.05, 3.63) is 53.0 Å². The Labute approximate surface area is 196 Å². The van der Waals surface area contributed by atoms with Gasteiger partial charge in [0.25, 0.3) is 11.9 Å². The van der Waals surface area contributed by atoms with Gasteiger partial charge in [-0.15, -0.1) is 0 Å². The highest BCUT2D eigenvalue weighted by molar-refractivity contribution is 6.11. The minimum Gasteiger partial charge on any atom is -0.512 e. The number of aliphatic imine (C=N–C) groups is 2. The predicted octanol–water partition coefficient (Wildman–Crippen LogP) is 3.73. The number of esters is 2. The standard InChI is InChI=1S/C23H25N5O6/c1-5-33-20(31)17(14(3)29)12-24-22-26-19(16-10-8-7-9-11-16)27-23(28-22)25-13-18(15(4)30)21(32)34-6-2/h7-13,29-30H,5-6H2,1-4H3/b17-14+,18-15+,24-12+,25-13+. The molecule has 34 heavy (non-hydrogen) atoms. The molecule has 0 atom stereocenters. The molecule has 178 valence electrons. The van der Waals surface area contributed by atoms with E-state index >= 15 is 0 Å². The molecule has 1 heterocycles. The smallest absolute Gasteiger partial charge is 0.343 e.